The predicted octanol–water partition coefficient (Wildman–Crippen LogP) is 3.41. The Bertz CT molecular complexity index is 720. The first-order valence-electron chi connectivity index (χ1n) is 9.68. The molecule has 5 heteroatoms. The van der Waals surface area contributed by atoms with E-state index < -0.39 is 0 Å². The summed E-state index contributed by atoms with van der Waals surface area (Å²) in [6, 6.07) is 16.3. The second-order valence-corrected chi connectivity index (χ2v) is 6.88. The number of piperazine rings is 1. The zero-order valence-electron chi connectivity index (χ0n) is 16.3. The van der Waals surface area contributed by atoms with Crippen LogP contribution in [0, 0.1) is 0 Å². The first-order chi connectivity index (χ1) is 13.2. The van der Waals surface area contributed by atoms with Crippen LogP contribution >= 0.6 is 0 Å². The van der Waals surface area contributed by atoms with Crippen LogP contribution in [0.2, 0.25) is 0 Å². The van der Waals surface area contributed by atoms with Crippen molar-refractivity contribution in [3.63, 3.8) is 0 Å². The molecule has 27 heavy (non-hydrogen) atoms. The monoisotopic (exact) mass is 367 g/mol. The second kappa shape index (κ2) is 9.42. The van der Waals surface area contributed by atoms with Crippen LogP contribution in [0.5, 0.6) is 5.75 Å². The van der Waals surface area contributed by atoms with Crippen LogP contribution in [0.1, 0.15) is 18.9 Å². The molecule has 1 N–H and O–H groups in total. The number of carbonyl (C=O) groups excluding carboxylic acids is 1. The van der Waals surface area contributed by atoms with E-state index >= 15 is 0 Å². The van der Waals surface area contributed by atoms with Crippen LogP contribution in [0.4, 0.5) is 11.4 Å². The highest BCUT2D eigenvalue weighted by Gasteiger charge is 2.18. The fourth-order valence-electron chi connectivity index (χ4n) is 3.33. The number of nitrogens with zero attached hydrogens (tertiary/aromatic N) is 2. The van der Waals surface area contributed by atoms with Gasteiger partial charge in [0.1, 0.15) is 5.75 Å². The lowest BCUT2D eigenvalue weighted by molar-refractivity contribution is -0.116. The third-order valence-electron chi connectivity index (χ3n) is 5.11. The Labute approximate surface area is 161 Å². The number of hydrogen-bond donors (Lipinski definition) is 1. The molecule has 0 aliphatic carbocycles. The third-order valence-corrected chi connectivity index (χ3v) is 5.11. The molecule has 1 saturated heterocycles. The van der Waals surface area contributed by atoms with Gasteiger partial charge in [0.15, 0.2) is 0 Å². The molecule has 1 heterocycles. The number of anilines is 2. The molecule has 1 aliphatic rings. The van der Waals surface area contributed by atoms with Gasteiger partial charge in [0.25, 0.3) is 0 Å². The molecule has 5 nitrogen and oxygen atoms in total. The summed E-state index contributed by atoms with van der Waals surface area (Å²) in [4.78, 5) is 16.9. The Hall–Kier alpha value is -2.53. The summed E-state index contributed by atoms with van der Waals surface area (Å²) in [5.41, 5.74) is 3.38. The van der Waals surface area contributed by atoms with Crippen molar-refractivity contribution < 1.29 is 9.53 Å². The number of methoxy groups -OCH3 is 1. The van der Waals surface area contributed by atoms with Crippen molar-refractivity contribution in [2.45, 2.75) is 19.8 Å². The van der Waals surface area contributed by atoms with E-state index in [0.29, 0.717) is 6.42 Å². The number of amides is 1. The van der Waals surface area contributed by atoms with Crippen molar-refractivity contribution in [3.8, 4) is 5.75 Å². The topological polar surface area (TPSA) is 44.8 Å². The van der Waals surface area contributed by atoms with Gasteiger partial charge in [-0.3, -0.25) is 9.69 Å². The Morgan fingerprint density at radius 1 is 1.00 bits per heavy atom. The SMILES string of the molecule is CCc1ccc(NC(=O)CCN2CCN(c3ccc(OC)cc3)CC2)cc1. The van der Waals surface area contributed by atoms with Crippen molar-refractivity contribution in [2.24, 2.45) is 0 Å². The van der Waals surface area contributed by atoms with Crippen LogP contribution in [-0.2, 0) is 11.2 Å². The fourth-order valence-corrected chi connectivity index (χ4v) is 3.33. The van der Waals surface area contributed by atoms with Crippen LogP contribution in [-0.4, -0.2) is 50.6 Å². The molecule has 1 amide bonds. The first kappa shape index (κ1) is 19.2. The summed E-state index contributed by atoms with van der Waals surface area (Å²) >= 11 is 0. The summed E-state index contributed by atoms with van der Waals surface area (Å²) < 4.78 is 5.22. The molecule has 2 aromatic carbocycles. The maximum absolute atomic E-state index is 12.2. The Kier molecular flexibility index (Phi) is 6.71. The highest BCUT2D eigenvalue weighted by atomic mass is 16.5. The average molecular weight is 367 g/mol. The quantitative estimate of drug-likeness (QED) is 0.815. The molecule has 3 rings (SSSR count). The molecule has 2 aromatic rings. The molecule has 1 fully saturated rings. The van der Waals surface area contributed by atoms with Gasteiger partial charge in [0.2, 0.25) is 5.91 Å². The molecule has 0 saturated carbocycles. The van der Waals surface area contributed by atoms with Crippen molar-refractivity contribution in [1.29, 1.82) is 0 Å². The van der Waals surface area contributed by atoms with Gasteiger partial charge in [-0.2, -0.15) is 0 Å². The molecule has 144 valence electrons. The van der Waals surface area contributed by atoms with Crippen LogP contribution < -0.4 is 15.0 Å². The summed E-state index contributed by atoms with van der Waals surface area (Å²) in [6.07, 6.45) is 1.54. The Morgan fingerprint density at radius 3 is 2.26 bits per heavy atom. The van der Waals surface area contributed by atoms with Crippen molar-refractivity contribution >= 4 is 17.3 Å². The third kappa shape index (κ3) is 5.47. The van der Waals surface area contributed by atoms with E-state index in [1.165, 1.54) is 11.3 Å². The van der Waals surface area contributed by atoms with Gasteiger partial charge < -0.3 is 15.0 Å². The van der Waals surface area contributed by atoms with E-state index in [0.717, 1.165) is 50.6 Å². The number of ether oxygens (including phenoxy) is 1. The summed E-state index contributed by atoms with van der Waals surface area (Å²) in [6.45, 7) is 6.84. The van der Waals surface area contributed by atoms with Crippen molar-refractivity contribution in [2.75, 3.05) is 50.1 Å². The maximum atomic E-state index is 12.2. The smallest absolute Gasteiger partial charge is 0.225 e. The minimum atomic E-state index is 0.0804. The Morgan fingerprint density at radius 2 is 1.67 bits per heavy atom. The van der Waals surface area contributed by atoms with E-state index in [9.17, 15) is 4.79 Å². The molecule has 0 spiro atoms. The van der Waals surface area contributed by atoms with E-state index in [2.05, 4.69) is 46.3 Å². The molecule has 1 aliphatic heterocycles. The number of benzene rings is 2. The van der Waals surface area contributed by atoms with E-state index in [1.807, 2.05) is 24.3 Å². The number of nitrogens with one attached hydrogen (secondary N) is 1. The lowest BCUT2D eigenvalue weighted by Crippen LogP contribution is -2.47. The highest BCUT2D eigenvalue weighted by Crippen LogP contribution is 2.20. The normalized spacial score (nSPS) is 14.8. The molecule has 0 unspecified atom stereocenters. The zero-order valence-corrected chi connectivity index (χ0v) is 16.3. The minimum Gasteiger partial charge on any atom is -0.497 e. The van der Waals surface area contributed by atoms with Gasteiger partial charge in [-0.05, 0) is 48.4 Å². The number of hydrogen-bond acceptors (Lipinski definition) is 4. The predicted molar refractivity (Wildman–Crippen MR) is 111 cm³/mol. The summed E-state index contributed by atoms with van der Waals surface area (Å²) in [5.74, 6) is 0.963. The second-order valence-electron chi connectivity index (χ2n) is 6.88. The number of aryl methyl sites for hydroxylation is 1. The molecular weight excluding hydrogens is 338 g/mol. The molecular formula is C22H29N3O2. The summed E-state index contributed by atoms with van der Waals surface area (Å²) in [5, 5.41) is 2.99. The first-order valence-corrected chi connectivity index (χ1v) is 9.68. The lowest BCUT2D eigenvalue weighted by atomic mass is 10.1. The Balaban J connectivity index is 1.40. The average Bonchev–Trinajstić information content (AvgIpc) is 2.73. The number of rotatable bonds is 7. The molecule has 0 radical (unpaired) electrons. The largest absolute Gasteiger partial charge is 0.497 e. The highest BCUT2D eigenvalue weighted by molar-refractivity contribution is 5.90. The van der Waals surface area contributed by atoms with Gasteiger partial charge in [-0.15, -0.1) is 0 Å². The van der Waals surface area contributed by atoms with Crippen molar-refractivity contribution in [3.05, 3.63) is 54.1 Å². The van der Waals surface area contributed by atoms with Crippen LogP contribution in [0.25, 0.3) is 0 Å². The maximum Gasteiger partial charge on any atom is 0.225 e. The minimum absolute atomic E-state index is 0.0804. The molecule has 0 bridgehead atoms. The van der Waals surface area contributed by atoms with Crippen LogP contribution in [0.3, 0.4) is 0 Å². The molecule has 0 atom stereocenters. The van der Waals surface area contributed by atoms with E-state index in [4.69, 9.17) is 4.74 Å². The van der Waals surface area contributed by atoms with Gasteiger partial charge in [-0.25, -0.2) is 0 Å². The van der Waals surface area contributed by atoms with Gasteiger partial charge in [0.05, 0.1) is 7.11 Å². The van der Waals surface area contributed by atoms with Gasteiger partial charge in [0, 0.05) is 50.5 Å². The summed E-state index contributed by atoms with van der Waals surface area (Å²) in [7, 11) is 1.68. The lowest BCUT2D eigenvalue weighted by Gasteiger charge is -2.36. The van der Waals surface area contributed by atoms with E-state index in [-0.39, 0.29) is 5.91 Å². The molecule has 0 aromatic heterocycles. The van der Waals surface area contributed by atoms with Crippen LogP contribution in [0.15, 0.2) is 48.5 Å². The zero-order chi connectivity index (χ0) is 19.1. The van der Waals surface area contributed by atoms with Gasteiger partial charge in [-0.1, -0.05) is 19.1 Å². The standard InChI is InChI=1S/C22H29N3O2/c1-3-18-4-6-19(7-5-18)23-22(26)12-13-24-14-16-25(17-15-24)20-8-10-21(27-2)11-9-20/h4-11H,3,12-17H2,1-2H3,(H,23,26). The fraction of sp³-hybridized carbons (Fsp3) is 0.409. The van der Waals surface area contributed by atoms with Crippen molar-refractivity contribution in [1.82, 2.24) is 4.90 Å². The van der Waals surface area contributed by atoms with E-state index in [1.54, 1.807) is 7.11 Å². The van der Waals surface area contributed by atoms with Gasteiger partial charge >= 0.3 is 0 Å². The number of carbonyl (C=O) groups is 1.